The highest BCUT2D eigenvalue weighted by atomic mass is 32.1. The van der Waals surface area contributed by atoms with E-state index in [4.69, 9.17) is 9.47 Å². The van der Waals surface area contributed by atoms with E-state index >= 15 is 0 Å². The Morgan fingerprint density at radius 2 is 1.96 bits per heavy atom. The number of benzene rings is 1. The van der Waals surface area contributed by atoms with Crippen molar-refractivity contribution in [2.45, 2.75) is 25.2 Å². The quantitative estimate of drug-likeness (QED) is 0.904. The lowest BCUT2D eigenvalue weighted by Crippen LogP contribution is -2.50. The van der Waals surface area contributed by atoms with Crippen molar-refractivity contribution in [1.29, 1.82) is 0 Å². The number of likely N-dealkylation sites (N-methyl/N-ethyl adjacent to an activating group) is 1. The number of hydrogen-bond donors (Lipinski definition) is 1. The fourth-order valence-electron chi connectivity index (χ4n) is 2.77. The summed E-state index contributed by atoms with van der Waals surface area (Å²) in [5.74, 6) is 1.13. The Morgan fingerprint density at radius 3 is 2.58 bits per heavy atom. The minimum Gasteiger partial charge on any atom is -0.482 e. The molecule has 1 aliphatic rings. The lowest BCUT2D eigenvalue weighted by molar-refractivity contribution is -0.133. The Balaban J connectivity index is 1.64. The smallest absolute Gasteiger partial charge is 0.265 e. The van der Waals surface area contributed by atoms with Gasteiger partial charge in [-0.1, -0.05) is 12.1 Å². The van der Waals surface area contributed by atoms with Gasteiger partial charge in [0.2, 0.25) is 6.10 Å². The second-order valence-electron chi connectivity index (χ2n) is 6.09. The van der Waals surface area contributed by atoms with Crippen LogP contribution in [0.4, 0.5) is 0 Å². The highest BCUT2D eigenvalue weighted by Crippen LogP contribution is 2.33. The van der Waals surface area contributed by atoms with Crippen LogP contribution in [0.3, 0.4) is 0 Å². The fraction of sp³-hybridized carbons (Fsp3) is 0.389. The summed E-state index contributed by atoms with van der Waals surface area (Å²) in [4.78, 5) is 14.7. The number of amides is 1. The lowest BCUT2D eigenvalue weighted by atomic mass is 10.1. The number of nitrogens with zero attached hydrogens (tertiary/aromatic N) is 1. The molecule has 0 bridgehead atoms. The van der Waals surface area contributed by atoms with Crippen LogP contribution in [0.2, 0.25) is 0 Å². The number of fused-ring (bicyclic) bond motifs is 1. The van der Waals surface area contributed by atoms with Crippen molar-refractivity contribution < 1.29 is 14.3 Å². The van der Waals surface area contributed by atoms with Crippen LogP contribution in [-0.2, 0) is 4.79 Å². The van der Waals surface area contributed by atoms with Gasteiger partial charge in [0.15, 0.2) is 11.5 Å². The normalized spacial score (nSPS) is 20.7. The molecular formula is C18H22N2O3S. The highest BCUT2D eigenvalue weighted by Gasteiger charge is 2.34. The van der Waals surface area contributed by atoms with Crippen molar-refractivity contribution in [1.82, 2.24) is 10.2 Å². The first kappa shape index (κ1) is 16.8. The van der Waals surface area contributed by atoms with Crippen molar-refractivity contribution in [3.8, 4) is 11.5 Å². The third-order valence-electron chi connectivity index (χ3n) is 4.12. The third-order valence-corrected chi connectivity index (χ3v) is 4.82. The predicted molar refractivity (Wildman–Crippen MR) is 94.7 cm³/mol. The van der Waals surface area contributed by atoms with Crippen molar-refractivity contribution >= 4 is 17.2 Å². The molecule has 0 fully saturated rings. The zero-order chi connectivity index (χ0) is 17.1. The molecule has 1 aliphatic heterocycles. The van der Waals surface area contributed by atoms with Gasteiger partial charge >= 0.3 is 0 Å². The molecule has 1 aromatic carbocycles. The summed E-state index contributed by atoms with van der Waals surface area (Å²) in [6, 6.07) is 9.63. The molecule has 0 radical (unpaired) electrons. The Morgan fingerprint density at radius 1 is 1.25 bits per heavy atom. The van der Waals surface area contributed by atoms with Gasteiger partial charge in [0, 0.05) is 6.54 Å². The molecule has 1 amide bonds. The van der Waals surface area contributed by atoms with E-state index in [1.807, 2.05) is 50.7 Å². The van der Waals surface area contributed by atoms with Gasteiger partial charge in [-0.3, -0.25) is 4.79 Å². The van der Waals surface area contributed by atoms with Crippen LogP contribution in [0.5, 0.6) is 11.5 Å². The predicted octanol–water partition coefficient (Wildman–Crippen LogP) is 2.70. The average molecular weight is 346 g/mol. The lowest BCUT2D eigenvalue weighted by Gasteiger charge is -2.32. The monoisotopic (exact) mass is 346 g/mol. The summed E-state index contributed by atoms with van der Waals surface area (Å²) in [5.41, 5.74) is 1.20. The molecule has 5 nitrogen and oxygen atoms in total. The molecule has 24 heavy (non-hydrogen) atoms. The van der Waals surface area contributed by atoms with E-state index in [1.54, 1.807) is 11.3 Å². The van der Waals surface area contributed by atoms with Gasteiger partial charge < -0.3 is 19.7 Å². The van der Waals surface area contributed by atoms with Crippen LogP contribution in [0, 0.1) is 0 Å². The molecule has 3 rings (SSSR count). The van der Waals surface area contributed by atoms with Gasteiger partial charge in [-0.15, -0.1) is 0 Å². The minimum absolute atomic E-state index is 0.132. The topological polar surface area (TPSA) is 50.8 Å². The zero-order valence-electron chi connectivity index (χ0n) is 14.1. The molecule has 1 aromatic heterocycles. The number of ether oxygens (including phenoxy) is 2. The van der Waals surface area contributed by atoms with Crippen LogP contribution in [0.15, 0.2) is 41.1 Å². The van der Waals surface area contributed by atoms with Gasteiger partial charge in [-0.2, -0.15) is 11.3 Å². The van der Waals surface area contributed by atoms with Gasteiger partial charge in [-0.25, -0.2) is 0 Å². The number of carbonyl (C=O) groups is 1. The van der Waals surface area contributed by atoms with E-state index in [9.17, 15) is 4.79 Å². The summed E-state index contributed by atoms with van der Waals surface area (Å²) in [5, 5.41) is 7.16. The molecule has 0 aliphatic carbocycles. The number of thiophene rings is 1. The zero-order valence-corrected chi connectivity index (χ0v) is 14.9. The van der Waals surface area contributed by atoms with Crippen LogP contribution in [0.1, 0.15) is 18.5 Å². The molecule has 0 saturated heterocycles. The van der Waals surface area contributed by atoms with Crippen molar-refractivity contribution in [3.63, 3.8) is 0 Å². The van der Waals surface area contributed by atoms with E-state index in [-0.39, 0.29) is 18.1 Å². The van der Waals surface area contributed by atoms with E-state index in [1.165, 1.54) is 5.56 Å². The first-order valence-corrected chi connectivity index (χ1v) is 8.89. The minimum atomic E-state index is -0.648. The molecule has 2 heterocycles. The summed E-state index contributed by atoms with van der Waals surface area (Å²) >= 11 is 1.66. The maximum Gasteiger partial charge on any atom is 0.265 e. The SMILES string of the molecule is C[C@@H]1Oc2ccccc2O[C@H]1C(=O)NC[C@@H](c1ccsc1)N(C)C. The first-order chi connectivity index (χ1) is 11.6. The molecule has 0 spiro atoms. The second-order valence-corrected chi connectivity index (χ2v) is 6.87. The summed E-state index contributed by atoms with van der Waals surface area (Å²) in [7, 11) is 4.02. The highest BCUT2D eigenvalue weighted by molar-refractivity contribution is 7.07. The van der Waals surface area contributed by atoms with E-state index in [0.717, 1.165) is 0 Å². The van der Waals surface area contributed by atoms with E-state index < -0.39 is 6.10 Å². The van der Waals surface area contributed by atoms with Crippen LogP contribution < -0.4 is 14.8 Å². The maximum atomic E-state index is 12.6. The number of hydrogen-bond acceptors (Lipinski definition) is 5. The molecular weight excluding hydrogens is 324 g/mol. The Bertz CT molecular complexity index is 687. The van der Waals surface area contributed by atoms with Crippen molar-refractivity contribution in [3.05, 3.63) is 46.7 Å². The molecule has 3 atom stereocenters. The van der Waals surface area contributed by atoms with Crippen LogP contribution in [0.25, 0.3) is 0 Å². The molecule has 128 valence electrons. The van der Waals surface area contributed by atoms with Crippen molar-refractivity contribution in [2.75, 3.05) is 20.6 Å². The maximum absolute atomic E-state index is 12.6. The Hall–Kier alpha value is -2.05. The number of para-hydroxylation sites is 2. The number of rotatable bonds is 5. The number of nitrogens with one attached hydrogen (secondary N) is 1. The Labute approximate surface area is 146 Å². The summed E-state index contributed by atoms with van der Waals surface area (Å²) in [6.07, 6.45) is -0.982. The largest absolute Gasteiger partial charge is 0.482 e. The second kappa shape index (κ2) is 7.23. The molecule has 2 aromatic rings. The molecule has 1 N–H and O–H groups in total. The van der Waals surface area contributed by atoms with Gasteiger partial charge in [0.05, 0.1) is 6.04 Å². The third kappa shape index (κ3) is 3.55. The average Bonchev–Trinajstić information content (AvgIpc) is 3.08. The standard InChI is InChI=1S/C18H22N2O3S/c1-12-17(23-16-7-5-4-6-15(16)22-12)18(21)19-10-14(20(2)3)13-8-9-24-11-13/h4-9,11-12,14,17H,10H2,1-3H3,(H,19,21)/t12-,14-,17+/m0/s1. The summed E-state index contributed by atoms with van der Waals surface area (Å²) in [6.45, 7) is 2.37. The van der Waals surface area contributed by atoms with Crippen LogP contribution in [-0.4, -0.2) is 43.7 Å². The van der Waals surface area contributed by atoms with Crippen molar-refractivity contribution in [2.24, 2.45) is 0 Å². The van der Waals surface area contributed by atoms with Crippen LogP contribution >= 0.6 is 11.3 Å². The van der Waals surface area contributed by atoms with Gasteiger partial charge in [0.1, 0.15) is 6.10 Å². The first-order valence-electron chi connectivity index (χ1n) is 7.95. The van der Waals surface area contributed by atoms with Gasteiger partial charge in [-0.05, 0) is 55.5 Å². The molecule has 0 unspecified atom stereocenters. The Kier molecular flexibility index (Phi) is 5.06. The number of carbonyl (C=O) groups excluding carboxylic acids is 1. The molecule has 0 saturated carbocycles. The van der Waals surface area contributed by atoms with E-state index in [2.05, 4.69) is 21.7 Å². The fourth-order valence-corrected chi connectivity index (χ4v) is 3.47. The van der Waals surface area contributed by atoms with Gasteiger partial charge in [0.25, 0.3) is 5.91 Å². The summed E-state index contributed by atoms with van der Waals surface area (Å²) < 4.78 is 11.6. The van der Waals surface area contributed by atoms with E-state index in [0.29, 0.717) is 18.0 Å². The molecule has 6 heteroatoms.